The molecule has 1 aliphatic heterocycles. The SMILES string of the molecule is Cc1cc(CC(C)N)ccc1N1CCS(=O)(=O)CC1C. The fourth-order valence-electron chi connectivity index (χ4n) is 2.90. The van der Waals surface area contributed by atoms with Crippen molar-refractivity contribution in [2.24, 2.45) is 5.73 Å². The molecule has 2 rings (SSSR count). The van der Waals surface area contributed by atoms with E-state index in [1.807, 2.05) is 13.8 Å². The molecule has 0 spiro atoms. The minimum atomic E-state index is -2.87. The lowest BCUT2D eigenvalue weighted by Gasteiger charge is -2.36. The molecule has 0 saturated carbocycles. The third-order valence-electron chi connectivity index (χ3n) is 3.80. The van der Waals surface area contributed by atoms with Crippen LogP contribution in [0.3, 0.4) is 0 Å². The lowest BCUT2D eigenvalue weighted by molar-refractivity contribution is 0.568. The summed E-state index contributed by atoms with van der Waals surface area (Å²) in [7, 11) is -2.87. The Morgan fingerprint density at radius 3 is 2.70 bits per heavy atom. The van der Waals surface area contributed by atoms with Crippen LogP contribution >= 0.6 is 0 Å². The molecule has 2 unspecified atom stereocenters. The summed E-state index contributed by atoms with van der Waals surface area (Å²) in [6, 6.07) is 6.54. The van der Waals surface area contributed by atoms with Gasteiger partial charge < -0.3 is 10.6 Å². The van der Waals surface area contributed by atoms with Crippen molar-refractivity contribution in [1.29, 1.82) is 0 Å². The number of hydrogen-bond donors (Lipinski definition) is 1. The summed E-state index contributed by atoms with van der Waals surface area (Å²) in [6.07, 6.45) is 0.866. The van der Waals surface area contributed by atoms with Crippen molar-refractivity contribution in [1.82, 2.24) is 0 Å². The Morgan fingerprint density at radius 1 is 1.45 bits per heavy atom. The molecule has 2 N–H and O–H groups in total. The van der Waals surface area contributed by atoms with Gasteiger partial charge in [-0.2, -0.15) is 0 Å². The van der Waals surface area contributed by atoms with E-state index in [9.17, 15) is 8.42 Å². The van der Waals surface area contributed by atoms with E-state index in [4.69, 9.17) is 5.73 Å². The molecule has 4 nitrogen and oxygen atoms in total. The second-order valence-electron chi connectivity index (χ2n) is 5.96. The standard InChI is InChI=1S/C15H24N2O2S/c1-11-8-14(9-12(2)16)4-5-15(11)17-6-7-20(18,19)10-13(17)3/h4-5,8,12-13H,6-7,9-10,16H2,1-3H3. The van der Waals surface area contributed by atoms with Crippen LogP contribution in [0, 0.1) is 6.92 Å². The molecular weight excluding hydrogens is 272 g/mol. The fourth-order valence-corrected chi connectivity index (χ4v) is 4.45. The van der Waals surface area contributed by atoms with Crippen LogP contribution in [-0.4, -0.2) is 38.6 Å². The van der Waals surface area contributed by atoms with Crippen molar-refractivity contribution in [3.8, 4) is 0 Å². The molecule has 0 amide bonds. The first-order valence-corrected chi connectivity index (χ1v) is 8.93. The summed E-state index contributed by atoms with van der Waals surface area (Å²) in [5.41, 5.74) is 9.39. The average molecular weight is 296 g/mol. The lowest BCUT2D eigenvalue weighted by atomic mass is 10.0. The fraction of sp³-hybridized carbons (Fsp3) is 0.600. The summed E-state index contributed by atoms with van der Waals surface area (Å²) < 4.78 is 23.3. The van der Waals surface area contributed by atoms with E-state index < -0.39 is 9.84 Å². The van der Waals surface area contributed by atoms with Gasteiger partial charge in [0, 0.05) is 24.3 Å². The van der Waals surface area contributed by atoms with Crippen molar-refractivity contribution in [3.63, 3.8) is 0 Å². The molecule has 1 heterocycles. The van der Waals surface area contributed by atoms with Gasteiger partial charge in [0.2, 0.25) is 0 Å². The highest BCUT2D eigenvalue weighted by Gasteiger charge is 2.28. The number of rotatable bonds is 3. The van der Waals surface area contributed by atoms with E-state index in [0.717, 1.165) is 12.1 Å². The summed E-state index contributed by atoms with van der Waals surface area (Å²) in [5, 5.41) is 0. The molecule has 0 aliphatic carbocycles. The van der Waals surface area contributed by atoms with Crippen molar-refractivity contribution in [2.75, 3.05) is 23.0 Å². The number of benzene rings is 1. The number of aryl methyl sites for hydroxylation is 1. The van der Waals surface area contributed by atoms with E-state index >= 15 is 0 Å². The van der Waals surface area contributed by atoms with E-state index in [0.29, 0.717) is 6.54 Å². The molecular formula is C15H24N2O2S. The largest absolute Gasteiger partial charge is 0.367 e. The molecule has 1 aromatic carbocycles. The average Bonchev–Trinajstić information content (AvgIpc) is 2.29. The van der Waals surface area contributed by atoms with E-state index in [2.05, 4.69) is 30.0 Å². The van der Waals surface area contributed by atoms with Gasteiger partial charge in [-0.25, -0.2) is 8.42 Å². The van der Waals surface area contributed by atoms with Gasteiger partial charge in [0.25, 0.3) is 0 Å². The third kappa shape index (κ3) is 3.52. The monoisotopic (exact) mass is 296 g/mol. The van der Waals surface area contributed by atoms with Crippen molar-refractivity contribution in [3.05, 3.63) is 29.3 Å². The molecule has 1 saturated heterocycles. The number of nitrogens with two attached hydrogens (primary N) is 1. The molecule has 1 fully saturated rings. The second-order valence-corrected chi connectivity index (χ2v) is 8.19. The number of sulfone groups is 1. The van der Waals surface area contributed by atoms with Crippen molar-refractivity contribution in [2.45, 2.75) is 39.3 Å². The highest BCUT2D eigenvalue weighted by atomic mass is 32.2. The number of anilines is 1. The predicted molar refractivity (Wildman–Crippen MR) is 84.0 cm³/mol. The van der Waals surface area contributed by atoms with Gasteiger partial charge in [-0.3, -0.25) is 0 Å². The minimum Gasteiger partial charge on any atom is -0.367 e. The van der Waals surface area contributed by atoms with Crippen LogP contribution in [0.15, 0.2) is 18.2 Å². The number of hydrogen-bond acceptors (Lipinski definition) is 4. The van der Waals surface area contributed by atoms with Gasteiger partial charge in [-0.1, -0.05) is 12.1 Å². The molecule has 5 heteroatoms. The van der Waals surface area contributed by atoms with Gasteiger partial charge in [0.05, 0.1) is 11.5 Å². The topological polar surface area (TPSA) is 63.4 Å². The highest BCUT2D eigenvalue weighted by Crippen LogP contribution is 2.26. The van der Waals surface area contributed by atoms with Crippen molar-refractivity contribution >= 4 is 15.5 Å². The quantitative estimate of drug-likeness (QED) is 0.918. The first kappa shape index (κ1) is 15.3. The van der Waals surface area contributed by atoms with E-state index in [-0.39, 0.29) is 23.6 Å². The Kier molecular flexibility index (Phi) is 4.39. The van der Waals surface area contributed by atoms with Crippen LogP contribution in [0.1, 0.15) is 25.0 Å². The maximum Gasteiger partial charge on any atom is 0.154 e. The van der Waals surface area contributed by atoms with Crippen LogP contribution < -0.4 is 10.6 Å². The summed E-state index contributed by atoms with van der Waals surface area (Å²) >= 11 is 0. The zero-order valence-corrected chi connectivity index (χ0v) is 13.3. The summed E-state index contributed by atoms with van der Waals surface area (Å²) in [6.45, 7) is 6.64. The predicted octanol–water partition coefficient (Wildman–Crippen LogP) is 1.51. The molecule has 0 bridgehead atoms. The van der Waals surface area contributed by atoms with E-state index in [1.165, 1.54) is 11.1 Å². The minimum absolute atomic E-state index is 0.0340. The highest BCUT2D eigenvalue weighted by molar-refractivity contribution is 7.91. The lowest BCUT2D eigenvalue weighted by Crippen LogP contribution is -2.47. The Balaban J connectivity index is 2.21. The van der Waals surface area contributed by atoms with Gasteiger partial charge in [0.1, 0.15) is 0 Å². The van der Waals surface area contributed by atoms with Gasteiger partial charge >= 0.3 is 0 Å². The number of nitrogens with zero attached hydrogens (tertiary/aromatic N) is 1. The van der Waals surface area contributed by atoms with Crippen LogP contribution in [0.4, 0.5) is 5.69 Å². The van der Waals surface area contributed by atoms with Gasteiger partial charge in [0.15, 0.2) is 9.84 Å². The zero-order chi connectivity index (χ0) is 14.9. The molecule has 2 atom stereocenters. The normalized spacial score (nSPS) is 23.6. The van der Waals surface area contributed by atoms with E-state index in [1.54, 1.807) is 0 Å². The molecule has 0 radical (unpaired) electrons. The first-order valence-electron chi connectivity index (χ1n) is 7.10. The maximum absolute atomic E-state index is 11.7. The van der Waals surface area contributed by atoms with Crippen LogP contribution in [0.5, 0.6) is 0 Å². The van der Waals surface area contributed by atoms with Gasteiger partial charge in [-0.05, 0) is 44.4 Å². The smallest absolute Gasteiger partial charge is 0.154 e. The zero-order valence-electron chi connectivity index (χ0n) is 12.5. The molecule has 0 aromatic heterocycles. The molecule has 1 aromatic rings. The Bertz CT molecular complexity index is 582. The maximum atomic E-state index is 11.7. The molecule has 20 heavy (non-hydrogen) atoms. The Morgan fingerprint density at radius 2 is 2.15 bits per heavy atom. The summed E-state index contributed by atoms with van der Waals surface area (Å²) in [4.78, 5) is 2.20. The summed E-state index contributed by atoms with van der Waals surface area (Å²) in [5.74, 6) is 0.492. The van der Waals surface area contributed by atoms with Crippen LogP contribution in [0.2, 0.25) is 0 Å². The van der Waals surface area contributed by atoms with Crippen LogP contribution in [0.25, 0.3) is 0 Å². The first-order chi connectivity index (χ1) is 9.28. The Labute approximate surface area is 121 Å². The third-order valence-corrected chi connectivity index (χ3v) is 5.59. The van der Waals surface area contributed by atoms with Crippen molar-refractivity contribution < 1.29 is 8.42 Å². The molecule has 1 aliphatic rings. The second kappa shape index (κ2) is 5.74. The van der Waals surface area contributed by atoms with Crippen LogP contribution in [-0.2, 0) is 16.3 Å². The van der Waals surface area contributed by atoms with Gasteiger partial charge in [-0.15, -0.1) is 0 Å². The Hall–Kier alpha value is -1.07. The molecule has 112 valence electrons.